The van der Waals surface area contributed by atoms with Gasteiger partial charge in [0.2, 0.25) is 0 Å². The van der Waals surface area contributed by atoms with Crippen LogP contribution in [0.4, 0.5) is 0 Å². The number of halogens is 2. The molecular weight excluding hydrogens is 419 g/mol. The predicted octanol–water partition coefficient (Wildman–Crippen LogP) is 3.67. The number of hydrogen-bond donors (Lipinski definition) is 2. The Morgan fingerprint density at radius 2 is 1.03 bits per heavy atom. The van der Waals surface area contributed by atoms with Crippen molar-refractivity contribution in [2.75, 3.05) is 31.8 Å². The molecule has 0 unspecified atom stereocenters. The SMILES string of the molecule is CC(=O)OC[C@@H]1C=C[C@H](COC(C)=O)CC1.ClCCl.OC[C@H]1C=C[C@@H](CO)CC1. The van der Waals surface area contributed by atoms with Gasteiger partial charge in [-0.15, -0.1) is 23.2 Å². The highest BCUT2D eigenvalue weighted by molar-refractivity contribution is 6.40. The lowest BCUT2D eigenvalue weighted by molar-refractivity contribution is -0.143. The first-order chi connectivity index (χ1) is 13.9. The quantitative estimate of drug-likeness (QED) is 0.362. The second-order valence-corrected chi connectivity index (χ2v) is 7.84. The van der Waals surface area contributed by atoms with Gasteiger partial charge in [-0.3, -0.25) is 9.59 Å². The number of aliphatic hydroxyl groups is 2. The Balaban J connectivity index is 0.000000514. The van der Waals surface area contributed by atoms with E-state index in [1.807, 2.05) is 24.3 Å². The van der Waals surface area contributed by atoms with Gasteiger partial charge < -0.3 is 19.7 Å². The van der Waals surface area contributed by atoms with Crippen molar-refractivity contribution in [2.24, 2.45) is 23.7 Å². The van der Waals surface area contributed by atoms with E-state index in [4.69, 9.17) is 42.9 Å². The Labute approximate surface area is 183 Å². The number of ether oxygens (including phenoxy) is 2. The van der Waals surface area contributed by atoms with E-state index in [1.165, 1.54) is 13.8 Å². The Hall–Kier alpha value is -1.08. The lowest BCUT2D eigenvalue weighted by Gasteiger charge is -2.22. The molecule has 8 heteroatoms. The van der Waals surface area contributed by atoms with E-state index < -0.39 is 0 Å². The Bertz CT molecular complexity index is 467. The average molecular weight is 453 g/mol. The molecule has 0 saturated heterocycles. The first kappa shape index (κ1) is 27.9. The van der Waals surface area contributed by atoms with Gasteiger partial charge in [-0.2, -0.15) is 0 Å². The third kappa shape index (κ3) is 15.4. The van der Waals surface area contributed by atoms with Crippen LogP contribution >= 0.6 is 23.2 Å². The number of aliphatic hydroxyl groups excluding tert-OH is 2. The van der Waals surface area contributed by atoms with Crippen LogP contribution in [0.25, 0.3) is 0 Å². The van der Waals surface area contributed by atoms with Gasteiger partial charge in [-0.05, 0) is 37.5 Å². The first-order valence-electron chi connectivity index (χ1n) is 9.83. The fraction of sp³-hybridized carbons (Fsp3) is 0.714. The molecule has 0 fully saturated rings. The molecule has 0 radical (unpaired) electrons. The molecule has 0 aromatic carbocycles. The lowest BCUT2D eigenvalue weighted by Crippen LogP contribution is -2.18. The molecule has 2 aliphatic rings. The van der Waals surface area contributed by atoms with Gasteiger partial charge >= 0.3 is 11.9 Å². The first-order valence-corrected chi connectivity index (χ1v) is 10.9. The number of esters is 2. The van der Waals surface area contributed by atoms with Gasteiger partial charge in [0.15, 0.2) is 0 Å². The van der Waals surface area contributed by atoms with Crippen LogP contribution in [0.5, 0.6) is 0 Å². The van der Waals surface area contributed by atoms with E-state index in [9.17, 15) is 9.59 Å². The smallest absolute Gasteiger partial charge is 0.302 e. The fourth-order valence-corrected chi connectivity index (χ4v) is 2.90. The van der Waals surface area contributed by atoms with Crippen molar-refractivity contribution in [1.29, 1.82) is 0 Å². The van der Waals surface area contributed by atoms with E-state index in [1.54, 1.807) is 0 Å². The summed E-state index contributed by atoms with van der Waals surface area (Å²) in [5.41, 5.74) is 0. The number of carbonyl (C=O) groups is 2. The average Bonchev–Trinajstić information content (AvgIpc) is 2.72. The van der Waals surface area contributed by atoms with Crippen molar-refractivity contribution >= 4 is 35.1 Å². The Kier molecular flexibility index (Phi) is 17.1. The van der Waals surface area contributed by atoms with E-state index in [0.717, 1.165) is 25.7 Å². The molecular formula is C21H34Cl2O6. The minimum atomic E-state index is -0.240. The van der Waals surface area contributed by atoms with Crippen LogP contribution in [0, 0.1) is 23.7 Å². The van der Waals surface area contributed by atoms with Gasteiger partial charge in [0.05, 0.1) is 18.6 Å². The molecule has 0 spiro atoms. The van der Waals surface area contributed by atoms with Gasteiger partial charge in [0.1, 0.15) is 0 Å². The van der Waals surface area contributed by atoms with Crippen LogP contribution in [0.3, 0.4) is 0 Å². The van der Waals surface area contributed by atoms with E-state index in [2.05, 4.69) is 0 Å². The number of alkyl halides is 2. The molecule has 168 valence electrons. The summed E-state index contributed by atoms with van der Waals surface area (Å²) in [6.07, 6.45) is 12.1. The molecule has 2 N–H and O–H groups in total. The minimum Gasteiger partial charge on any atom is -0.465 e. The van der Waals surface area contributed by atoms with Crippen LogP contribution in [-0.2, 0) is 19.1 Å². The minimum absolute atomic E-state index is 0.194. The molecule has 0 amide bonds. The molecule has 2 aliphatic carbocycles. The second-order valence-electron chi connectivity index (χ2n) is 7.04. The summed E-state index contributed by atoms with van der Waals surface area (Å²) in [4.78, 5) is 21.2. The number of carbonyl (C=O) groups excluding carboxylic acids is 2. The zero-order valence-electron chi connectivity index (χ0n) is 17.3. The van der Waals surface area contributed by atoms with Crippen molar-refractivity contribution < 1.29 is 29.3 Å². The van der Waals surface area contributed by atoms with Crippen molar-refractivity contribution in [2.45, 2.75) is 39.5 Å². The molecule has 2 rings (SSSR count). The van der Waals surface area contributed by atoms with Crippen LogP contribution < -0.4 is 0 Å². The molecule has 0 saturated carbocycles. The van der Waals surface area contributed by atoms with Crippen molar-refractivity contribution in [1.82, 2.24) is 0 Å². The van der Waals surface area contributed by atoms with Crippen LogP contribution in [0.1, 0.15) is 39.5 Å². The maximum Gasteiger partial charge on any atom is 0.302 e. The highest BCUT2D eigenvalue weighted by Gasteiger charge is 2.17. The normalized spacial score (nSPS) is 25.0. The molecule has 0 aromatic rings. The third-order valence-electron chi connectivity index (χ3n) is 4.60. The monoisotopic (exact) mass is 452 g/mol. The lowest BCUT2D eigenvalue weighted by atomic mass is 9.89. The maximum absolute atomic E-state index is 10.6. The molecule has 0 heterocycles. The van der Waals surface area contributed by atoms with Crippen molar-refractivity contribution in [3.05, 3.63) is 24.3 Å². The summed E-state index contributed by atoms with van der Waals surface area (Å²) in [7, 11) is 0. The summed E-state index contributed by atoms with van der Waals surface area (Å²) >= 11 is 9.53. The van der Waals surface area contributed by atoms with Gasteiger partial charge in [-0.25, -0.2) is 0 Å². The second kappa shape index (κ2) is 17.8. The van der Waals surface area contributed by atoms with Crippen LogP contribution in [0.2, 0.25) is 0 Å². The molecule has 0 aliphatic heterocycles. The summed E-state index contributed by atoms with van der Waals surface area (Å²) in [6, 6.07) is 0. The van der Waals surface area contributed by atoms with Crippen LogP contribution in [0.15, 0.2) is 24.3 Å². The topological polar surface area (TPSA) is 93.1 Å². The maximum atomic E-state index is 10.6. The largest absolute Gasteiger partial charge is 0.465 e. The standard InChI is InChI=1S/C12H18O4.C8H14O2.CH2Cl2/c1-9(13)15-7-11-3-5-12(6-4-11)8-16-10(2)14;9-5-7-1-2-8(6-10)4-3-7;2-1-3/h3,5,11-12H,4,6-8H2,1-2H3;1-2,7-10H,3-6H2;1H2/t11-,12+;7-,8+;. The van der Waals surface area contributed by atoms with Crippen LogP contribution in [-0.4, -0.2) is 53.9 Å². The number of rotatable bonds is 6. The van der Waals surface area contributed by atoms with Crippen molar-refractivity contribution in [3.8, 4) is 0 Å². The third-order valence-corrected chi connectivity index (χ3v) is 4.60. The predicted molar refractivity (Wildman–Crippen MR) is 115 cm³/mol. The highest BCUT2D eigenvalue weighted by Crippen LogP contribution is 2.23. The number of hydrogen-bond acceptors (Lipinski definition) is 6. The molecule has 0 bridgehead atoms. The van der Waals surface area contributed by atoms with E-state index in [-0.39, 0.29) is 30.5 Å². The van der Waals surface area contributed by atoms with Crippen molar-refractivity contribution in [3.63, 3.8) is 0 Å². The summed E-state index contributed by atoms with van der Waals surface area (Å²) in [5, 5.41) is 17.7. The van der Waals surface area contributed by atoms with Gasteiger partial charge in [-0.1, -0.05) is 24.3 Å². The highest BCUT2D eigenvalue weighted by atomic mass is 35.5. The molecule has 0 aromatic heterocycles. The molecule has 29 heavy (non-hydrogen) atoms. The summed E-state index contributed by atoms with van der Waals surface area (Å²) in [6.45, 7) is 4.22. The fourth-order valence-electron chi connectivity index (χ4n) is 2.90. The Morgan fingerprint density at radius 1 is 0.759 bits per heavy atom. The molecule has 6 nitrogen and oxygen atoms in total. The Morgan fingerprint density at radius 3 is 1.24 bits per heavy atom. The van der Waals surface area contributed by atoms with E-state index >= 15 is 0 Å². The summed E-state index contributed by atoms with van der Waals surface area (Å²) < 4.78 is 9.88. The van der Waals surface area contributed by atoms with Gasteiger partial charge in [0, 0.05) is 38.9 Å². The molecule has 4 atom stereocenters. The zero-order chi connectivity index (χ0) is 22.1. The van der Waals surface area contributed by atoms with Gasteiger partial charge in [0.25, 0.3) is 0 Å². The summed E-state index contributed by atoms with van der Waals surface area (Å²) in [5.74, 6) is 0.798. The van der Waals surface area contributed by atoms with E-state index in [0.29, 0.717) is 36.9 Å². The zero-order valence-corrected chi connectivity index (χ0v) is 18.8.